The van der Waals surface area contributed by atoms with Gasteiger partial charge in [-0.05, 0) is 24.3 Å². The Hall–Kier alpha value is -2.35. The first kappa shape index (κ1) is 14.1. The third-order valence-corrected chi connectivity index (χ3v) is 2.90. The van der Waals surface area contributed by atoms with Crippen molar-refractivity contribution in [2.24, 2.45) is 0 Å². The van der Waals surface area contributed by atoms with E-state index in [0.717, 1.165) is 10.5 Å². The van der Waals surface area contributed by atoms with Gasteiger partial charge in [0.25, 0.3) is 5.91 Å². The van der Waals surface area contributed by atoms with Crippen LogP contribution in [0.5, 0.6) is 5.75 Å². The Kier molecular flexibility index (Phi) is 4.04. The van der Waals surface area contributed by atoms with Crippen molar-refractivity contribution < 1.29 is 18.9 Å². The highest BCUT2D eigenvalue weighted by Gasteiger charge is 2.18. The highest BCUT2D eigenvalue weighted by atomic mass is 79.9. The van der Waals surface area contributed by atoms with Gasteiger partial charge in [0.15, 0.2) is 5.76 Å². The first-order chi connectivity index (χ1) is 9.51. The summed E-state index contributed by atoms with van der Waals surface area (Å²) in [6.45, 7) is 0. The summed E-state index contributed by atoms with van der Waals surface area (Å²) in [6, 6.07) is 7.43. The van der Waals surface area contributed by atoms with Gasteiger partial charge in [-0.25, -0.2) is 0 Å². The minimum Gasteiger partial charge on any atom is -0.495 e. The summed E-state index contributed by atoms with van der Waals surface area (Å²) in [5.41, 5.74) is 0.422. The summed E-state index contributed by atoms with van der Waals surface area (Å²) < 4.78 is 10.7. The van der Waals surface area contributed by atoms with Crippen molar-refractivity contribution in [2.45, 2.75) is 0 Å². The molecular formula is C12H9BrN2O5. The minimum atomic E-state index is -0.712. The third-order valence-electron chi connectivity index (χ3n) is 2.41. The number of furan rings is 1. The molecule has 0 aliphatic carbocycles. The quantitative estimate of drug-likeness (QED) is 0.681. The number of nitrogens with one attached hydrogen (secondary N) is 1. The summed E-state index contributed by atoms with van der Waals surface area (Å²) in [6.07, 6.45) is 0. The number of nitrogens with zero attached hydrogens (tertiary/aromatic N) is 1. The molecule has 0 spiro atoms. The largest absolute Gasteiger partial charge is 0.495 e. The maximum absolute atomic E-state index is 11.9. The van der Waals surface area contributed by atoms with Crippen LogP contribution in [0.25, 0.3) is 0 Å². The minimum absolute atomic E-state index is 0.154. The summed E-state index contributed by atoms with van der Waals surface area (Å²) in [4.78, 5) is 21.7. The molecule has 0 unspecified atom stereocenters. The van der Waals surface area contributed by atoms with Crippen LogP contribution in [0, 0.1) is 10.1 Å². The Morgan fingerprint density at radius 2 is 2.15 bits per heavy atom. The molecule has 1 N–H and O–H groups in total. The highest BCUT2D eigenvalue weighted by molar-refractivity contribution is 9.10. The van der Waals surface area contributed by atoms with Gasteiger partial charge in [-0.3, -0.25) is 14.9 Å². The highest BCUT2D eigenvalue weighted by Crippen LogP contribution is 2.28. The summed E-state index contributed by atoms with van der Waals surface area (Å²) in [7, 11) is 1.47. The van der Waals surface area contributed by atoms with Crippen LogP contribution in [0.3, 0.4) is 0 Å². The molecule has 0 saturated heterocycles. The van der Waals surface area contributed by atoms with E-state index in [9.17, 15) is 14.9 Å². The first-order valence-corrected chi connectivity index (χ1v) is 6.19. The Bertz CT molecular complexity index is 668. The number of hydrogen-bond donors (Lipinski definition) is 1. The smallest absolute Gasteiger partial charge is 0.433 e. The van der Waals surface area contributed by atoms with Gasteiger partial charge in [0.2, 0.25) is 0 Å². The molecule has 0 fully saturated rings. The van der Waals surface area contributed by atoms with Gasteiger partial charge < -0.3 is 14.5 Å². The van der Waals surface area contributed by atoms with Crippen LogP contribution >= 0.6 is 15.9 Å². The molecule has 8 heteroatoms. The average molecular weight is 341 g/mol. The first-order valence-electron chi connectivity index (χ1n) is 5.40. The van der Waals surface area contributed by atoms with Crippen molar-refractivity contribution in [2.75, 3.05) is 12.4 Å². The van der Waals surface area contributed by atoms with E-state index in [4.69, 9.17) is 9.15 Å². The van der Waals surface area contributed by atoms with Crippen molar-refractivity contribution in [1.82, 2.24) is 0 Å². The Labute approximate surface area is 121 Å². The number of nitro groups is 1. The van der Waals surface area contributed by atoms with Crippen molar-refractivity contribution in [3.63, 3.8) is 0 Å². The summed E-state index contributed by atoms with van der Waals surface area (Å²) in [5, 5.41) is 13.1. The fourth-order valence-corrected chi connectivity index (χ4v) is 1.87. The molecule has 1 aromatic carbocycles. The summed E-state index contributed by atoms with van der Waals surface area (Å²) in [5.74, 6) is -0.785. The van der Waals surface area contributed by atoms with E-state index in [1.807, 2.05) is 0 Å². The van der Waals surface area contributed by atoms with Gasteiger partial charge in [-0.1, -0.05) is 15.9 Å². The summed E-state index contributed by atoms with van der Waals surface area (Å²) >= 11 is 3.28. The van der Waals surface area contributed by atoms with Crippen LogP contribution in [-0.4, -0.2) is 17.9 Å². The number of carbonyl (C=O) groups is 1. The second-order valence-electron chi connectivity index (χ2n) is 3.69. The van der Waals surface area contributed by atoms with E-state index in [1.54, 1.807) is 18.2 Å². The standard InChI is InChI=1S/C12H9BrN2O5/c1-19-9-3-2-7(13)6-8(9)14-12(16)10-4-5-11(20-10)15(17)18/h2-6H,1H3,(H,14,16). The van der Waals surface area contributed by atoms with Crippen LogP contribution in [0.15, 0.2) is 39.2 Å². The van der Waals surface area contributed by atoms with Gasteiger partial charge in [-0.2, -0.15) is 0 Å². The fourth-order valence-electron chi connectivity index (χ4n) is 1.51. The molecule has 0 atom stereocenters. The number of carbonyl (C=O) groups excluding carboxylic acids is 1. The molecule has 1 aromatic heterocycles. The van der Waals surface area contributed by atoms with Crippen molar-refractivity contribution in [3.8, 4) is 5.75 Å². The lowest BCUT2D eigenvalue weighted by Crippen LogP contribution is -2.11. The van der Waals surface area contributed by atoms with E-state index in [2.05, 4.69) is 21.2 Å². The maximum Gasteiger partial charge on any atom is 0.433 e. The maximum atomic E-state index is 11.9. The van der Waals surface area contributed by atoms with Crippen LogP contribution < -0.4 is 10.1 Å². The number of halogens is 1. The number of methoxy groups -OCH3 is 1. The van der Waals surface area contributed by atoms with Crippen LogP contribution in [0.1, 0.15) is 10.6 Å². The number of rotatable bonds is 4. The second kappa shape index (κ2) is 5.74. The number of benzene rings is 1. The molecule has 104 valence electrons. The van der Waals surface area contributed by atoms with Crippen molar-refractivity contribution in [1.29, 1.82) is 0 Å². The SMILES string of the molecule is COc1ccc(Br)cc1NC(=O)c1ccc([N+](=O)[O-])o1. The molecule has 0 aliphatic heterocycles. The zero-order chi connectivity index (χ0) is 14.7. The zero-order valence-corrected chi connectivity index (χ0v) is 11.8. The Morgan fingerprint density at radius 3 is 2.75 bits per heavy atom. The van der Waals surface area contributed by atoms with Crippen LogP contribution in [-0.2, 0) is 0 Å². The number of amides is 1. The molecule has 0 saturated carbocycles. The van der Waals surface area contributed by atoms with Crippen molar-refractivity contribution in [3.05, 3.63) is 50.7 Å². The average Bonchev–Trinajstić information content (AvgIpc) is 2.89. The molecule has 0 radical (unpaired) electrons. The van der Waals surface area contributed by atoms with Crippen LogP contribution in [0.2, 0.25) is 0 Å². The van der Waals surface area contributed by atoms with E-state index >= 15 is 0 Å². The Balaban J connectivity index is 2.22. The third kappa shape index (κ3) is 2.97. The van der Waals surface area contributed by atoms with E-state index in [0.29, 0.717) is 11.4 Å². The number of hydrogen-bond acceptors (Lipinski definition) is 5. The predicted molar refractivity (Wildman–Crippen MR) is 74.0 cm³/mol. The molecule has 20 heavy (non-hydrogen) atoms. The lowest BCUT2D eigenvalue weighted by molar-refractivity contribution is -0.402. The van der Waals surface area contributed by atoms with Gasteiger partial charge in [0, 0.05) is 4.47 Å². The van der Waals surface area contributed by atoms with Gasteiger partial charge in [-0.15, -0.1) is 0 Å². The number of anilines is 1. The lowest BCUT2D eigenvalue weighted by atomic mass is 10.3. The molecule has 1 amide bonds. The fraction of sp³-hybridized carbons (Fsp3) is 0.0833. The van der Waals surface area contributed by atoms with E-state index < -0.39 is 16.7 Å². The van der Waals surface area contributed by atoms with Crippen molar-refractivity contribution >= 4 is 33.4 Å². The zero-order valence-electron chi connectivity index (χ0n) is 10.3. The molecule has 7 nitrogen and oxygen atoms in total. The van der Waals surface area contributed by atoms with Gasteiger partial charge in [0.1, 0.15) is 10.7 Å². The van der Waals surface area contributed by atoms with E-state index in [1.165, 1.54) is 13.2 Å². The topological polar surface area (TPSA) is 94.6 Å². The van der Waals surface area contributed by atoms with Crippen LogP contribution in [0.4, 0.5) is 11.6 Å². The Morgan fingerprint density at radius 1 is 1.40 bits per heavy atom. The molecule has 0 bridgehead atoms. The van der Waals surface area contributed by atoms with Gasteiger partial charge in [0.05, 0.1) is 18.9 Å². The molecule has 1 heterocycles. The number of ether oxygens (including phenoxy) is 1. The molecule has 2 aromatic rings. The predicted octanol–water partition coefficient (Wildman–Crippen LogP) is 3.21. The lowest BCUT2D eigenvalue weighted by Gasteiger charge is -2.09. The van der Waals surface area contributed by atoms with E-state index in [-0.39, 0.29) is 5.76 Å². The molecular weight excluding hydrogens is 332 g/mol. The normalized spacial score (nSPS) is 10.1. The molecule has 2 rings (SSSR count). The second-order valence-corrected chi connectivity index (χ2v) is 4.61. The molecule has 0 aliphatic rings. The van der Waals surface area contributed by atoms with Gasteiger partial charge >= 0.3 is 5.88 Å². The monoisotopic (exact) mass is 340 g/mol.